The van der Waals surface area contributed by atoms with E-state index in [0.29, 0.717) is 30.5 Å². The number of imide groups is 1. The van der Waals surface area contributed by atoms with E-state index in [1.807, 2.05) is 52.0 Å². The summed E-state index contributed by atoms with van der Waals surface area (Å²) in [6.45, 7) is 8.13. The second-order valence-electron chi connectivity index (χ2n) is 9.01. The van der Waals surface area contributed by atoms with Gasteiger partial charge in [-0.25, -0.2) is 0 Å². The maximum absolute atomic E-state index is 13.3. The molecular weight excluding hydrogens is 430 g/mol. The van der Waals surface area contributed by atoms with Gasteiger partial charge in [0.25, 0.3) is 11.8 Å². The van der Waals surface area contributed by atoms with E-state index in [4.69, 9.17) is 0 Å². The van der Waals surface area contributed by atoms with Crippen LogP contribution in [0.3, 0.4) is 0 Å². The van der Waals surface area contributed by atoms with Crippen LogP contribution in [0.1, 0.15) is 71.9 Å². The topological polar surface area (TPSA) is 86.8 Å². The number of hydrogen-bond acceptors (Lipinski definition) is 4. The first-order valence-electron chi connectivity index (χ1n) is 11.8. The number of benzene rings is 2. The zero-order valence-corrected chi connectivity index (χ0v) is 20.3. The average molecular weight is 464 g/mol. The Hall–Kier alpha value is -3.48. The summed E-state index contributed by atoms with van der Waals surface area (Å²) in [6.07, 6.45) is 0.941. The summed E-state index contributed by atoms with van der Waals surface area (Å²) in [6, 6.07) is 14.0. The Morgan fingerprint density at radius 2 is 1.56 bits per heavy atom. The molecule has 7 heteroatoms. The first-order chi connectivity index (χ1) is 16.2. The quantitative estimate of drug-likeness (QED) is 0.545. The second-order valence-corrected chi connectivity index (χ2v) is 9.01. The minimum absolute atomic E-state index is 0.0355. The largest absolute Gasteiger partial charge is 0.352 e. The van der Waals surface area contributed by atoms with Crippen molar-refractivity contribution in [3.63, 3.8) is 0 Å². The van der Waals surface area contributed by atoms with Crippen LogP contribution in [0, 0.1) is 6.92 Å². The van der Waals surface area contributed by atoms with Crippen molar-refractivity contribution >= 4 is 23.6 Å². The predicted octanol–water partition coefficient (Wildman–Crippen LogP) is 3.70. The standard InChI is InChI=1S/C27H33N3O4/c1-5-23(25(32)28-18(2)3)30(17-20-14-12-19(4)13-15-20)24(31)11-8-16-29-26(33)21-9-6-7-10-22(21)27(29)34/h6-7,9-10,12-15,18,23H,5,8,11,16-17H2,1-4H3,(H,28,32). The summed E-state index contributed by atoms with van der Waals surface area (Å²) < 4.78 is 0. The van der Waals surface area contributed by atoms with E-state index in [2.05, 4.69) is 5.32 Å². The van der Waals surface area contributed by atoms with Gasteiger partial charge >= 0.3 is 0 Å². The highest BCUT2D eigenvalue weighted by Crippen LogP contribution is 2.23. The van der Waals surface area contributed by atoms with Crippen molar-refractivity contribution in [3.05, 3.63) is 70.8 Å². The molecule has 0 aromatic heterocycles. The molecule has 7 nitrogen and oxygen atoms in total. The van der Waals surface area contributed by atoms with Crippen molar-refractivity contribution in [1.29, 1.82) is 0 Å². The van der Waals surface area contributed by atoms with Crippen LogP contribution >= 0.6 is 0 Å². The van der Waals surface area contributed by atoms with E-state index in [9.17, 15) is 19.2 Å². The lowest BCUT2D eigenvalue weighted by molar-refractivity contribution is -0.141. The fourth-order valence-corrected chi connectivity index (χ4v) is 4.16. The molecule has 34 heavy (non-hydrogen) atoms. The Balaban J connectivity index is 1.70. The summed E-state index contributed by atoms with van der Waals surface area (Å²) >= 11 is 0. The number of nitrogens with zero attached hydrogens (tertiary/aromatic N) is 2. The molecule has 0 spiro atoms. The van der Waals surface area contributed by atoms with Gasteiger partial charge in [0, 0.05) is 25.6 Å². The van der Waals surface area contributed by atoms with E-state index >= 15 is 0 Å². The number of hydrogen-bond donors (Lipinski definition) is 1. The molecule has 1 heterocycles. The first-order valence-corrected chi connectivity index (χ1v) is 11.8. The van der Waals surface area contributed by atoms with E-state index in [1.165, 1.54) is 4.90 Å². The first kappa shape index (κ1) is 25.1. The third-order valence-corrected chi connectivity index (χ3v) is 5.94. The van der Waals surface area contributed by atoms with Gasteiger partial charge in [0.05, 0.1) is 11.1 Å². The average Bonchev–Trinajstić information content (AvgIpc) is 3.04. The summed E-state index contributed by atoms with van der Waals surface area (Å²) in [5.41, 5.74) is 2.86. The van der Waals surface area contributed by atoms with Crippen LogP contribution in [0.4, 0.5) is 0 Å². The number of carbonyl (C=O) groups is 4. The van der Waals surface area contributed by atoms with Gasteiger partial charge in [-0.15, -0.1) is 0 Å². The molecule has 4 amide bonds. The highest BCUT2D eigenvalue weighted by molar-refractivity contribution is 6.21. The smallest absolute Gasteiger partial charge is 0.261 e. The Morgan fingerprint density at radius 1 is 0.971 bits per heavy atom. The number of rotatable bonds is 10. The van der Waals surface area contributed by atoms with Crippen molar-refractivity contribution < 1.29 is 19.2 Å². The van der Waals surface area contributed by atoms with Crippen molar-refractivity contribution in [1.82, 2.24) is 15.1 Å². The summed E-state index contributed by atoms with van der Waals surface area (Å²) in [4.78, 5) is 54.2. The summed E-state index contributed by atoms with van der Waals surface area (Å²) in [5, 5.41) is 2.92. The lowest BCUT2D eigenvalue weighted by Crippen LogP contribution is -2.50. The maximum Gasteiger partial charge on any atom is 0.261 e. The number of aryl methyl sites for hydroxylation is 1. The molecule has 1 atom stereocenters. The van der Waals surface area contributed by atoms with Crippen LogP contribution in [-0.2, 0) is 16.1 Å². The number of carbonyl (C=O) groups excluding carboxylic acids is 4. The van der Waals surface area contributed by atoms with E-state index in [0.717, 1.165) is 11.1 Å². The molecule has 3 rings (SSSR count). The van der Waals surface area contributed by atoms with E-state index in [1.54, 1.807) is 29.2 Å². The molecule has 0 radical (unpaired) electrons. The molecular formula is C27H33N3O4. The third-order valence-electron chi connectivity index (χ3n) is 5.94. The molecule has 2 aromatic rings. The second kappa shape index (κ2) is 11.1. The van der Waals surface area contributed by atoms with E-state index < -0.39 is 6.04 Å². The number of amides is 4. The minimum Gasteiger partial charge on any atom is -0.352 e. The van der Waals surface area contributed by atoms with Crippen LogP contribution in [0.25, 0.3) is 0 Å². The molecule has 1 aliphatic heterocycles. The molecule has 0 fully saturated rings. The zero-order chi connectivity index (χ0) is 24.8. The maximum atomic E-state index is 13.3. The molecule has 1 aliphatic rings. The van der Waals surface area contributed by atoms with Crippen LogP contribution in [0.15, 0.2) is 48.5 Å². The van der Waals surface area contributed by atoms with Crippen molar-refractivity contribution in [2.45, 2.75) is 65.6 Å². The SMILES string of the molecule is CCC(C(=O)NC(C)C)N(Cc1ccc(C)cc1)C(=O)CCCN1C(=O)c2ccccc2C1=O. The molecule has 0 saturated carbocycles. The molecule has 0 saturated heterocycles. The normalized spacial score (nSPS) is 13.7. The lowest BCUT2D eigenvalue weighted by Gasteiger charge is -2.31. The molecule has 0 bridgehead atoms. The van der Waals surface area contributed by atoms with Crippen LogP contribution in [0.5, 0.6) is 0 Å². The molecule has 1 N–H and O–H groups in total. The lowest BCUT2D eigenvalue weighted by atomic mass is 10.1. The Kier molecular flexibility index (Phi) is 8.21. The Bertz CT molecular complexity index is 1030. The Morgan fingerprint density at radius 3 is 2.09 bits per heavy atom. The van der Waals surface area contributed by atoms with Crippen LogP contribution in [-0.4, -0.2) is 52.1 Å². The van der Waals surface area contributed by atoms with Gasteiger partial charge < -0.3 is 10.2 Å². The highest BCUT2D eigenvalue weighted by Gasteiger charge is 2.35. The predicted molar refractivity (Wildman–Crippen MR) is 130 cm³/mol. The molecule has 180 valence electrons. The van der Waals surface area contributed by atoms with Gasteiger partial charge in [-0.1, -0.05) is 48.9 Å². The van der Waals surface area contributed by atoms with Crippen LogP contribution < -0.4 is 5.32 Å². The summed E-state index contributed by atoms with van der Waals surface area (Å²) in [5.74, 6) is -1.01. The molecule has 1 unspecified atom stereocenters. The monoisotopic (exact) mass is 463 g/mol. The highest BCUT2D eigenvalue weighted by atomic mass is 16.2. The summed E-state index contributed by atoms with van der Waals surface area (Å²) in [7, 11) is 0. The fraction of sp³-hybridized carbons (Fsp3) is 0.407. The van der Waals surface area contributed by atoms with Gasteiger partial charge in [0.15, 0.2) is 0 Å². The van der Waals surface area contributed by atoms with Crippen molar-refractivity contribution in [2.75, 3.05) is 6.54 Å². The molecule has 2 aromatic carbocycles. The third kappa shape index (κ3) is 5.71. The van der Waals surface area contributed by atoms with Crippen molar-refractivity contribution in [2.24, 2.45) is 0 Å². The van der Waals surface area contributed by atoms with Gasteiger partial charge in [0.2, 0.25) is 11.8 Å². The minimum atomic E-state index is -0.601. The van der Waals surface area contributed by atoms with Gasteiger partial charge in [-0.3, -0.25) is 24.1 Å². The number of nitrogens with one attached hydrogen (secondary N) is 1. The van der Waals surface area contributed by atoms with Gasteiger partial charge in [-0.2, -0.15) is 0 Å². The number of fused-ring (bicyclic) bond motifs is 1. The van der Waals surface area contributed by atoms with E-state index in [-0.39, 0.29) is 42.6 Å². The van der Waals surface area contributed by atoms with Gasteiger partial charge in [0.1, 0.15) is 6.04 Å². The molecule has 0 aliphatic carbocycles. The Labute approximate surface area is 201 Å². The van der Waals surface area contributed by atoms with Crippen molar-refractivity contribution in [3.8, 4) is 0 Å². The zero-order valence-electron chi connectivity index (χ0n) is 20.3. The van der Waals surface area contributed by atoms with Crippen LogP contribution in [0.2, 0.25) is 0 Å². The van der Waals surface area contributed by atoms with Gasteiger partial charge in [-0.05, 0) is 51.3 Å². The fourth-order valence-electron chi connectivity index (χ4n) is 4.16.